The quantitative estimate of drug-likeness (QED) is 0.809. The Kier molecular flexibility index (Phi) is 3.14. The third kappa shape index (κ3) is 2.20. The van der Waals surface area contributed by atoms with Gasteiger partial charge in [0, 0.05) is 48.8 Å². The van der Waals surface area contributed by atoms with E-state index in [1.807, 2.05) is 22.7 Å². The summed E-state index contributed by atoms with van der Waals surface area (Å²) >= 11 is 3.68. The van der Waals surface area contributed by atoms with Crippen molar-refractivity contribution in [3.8, 4) is 10.0 Å². The van der Waals surface area contributed by atoms with Crippen molar-refractivity contribution in [2.24, 2.45) is 0 Å². The summed E-state index contributed by atoms with van der Waals surface area (Å²) in [7, 11) is 4.36. The number of nitrogens with zero attached hydrogens (tertiary/aromatic N) is 4. The molecule has 0 radical (unpaired) electrons. The Bertz CT molecular complexity index is 589. The van der Waals surface area contributed by atoms with Crippen molar-refractivity contribution >= 4 is 22.7 Å². The first-order chi connectivity index (χ1) is 9.69. The number of likely N-dealkylation sites (N-methyl/N-ethyl adjacent to an activating group) is 2. The molecule has 0 bridgehead atoms. The number of fused-ring (bicyclic) bond motifs is 2. The van der Waals surface area contributed by atoms with Crippen LogP contribution in [0.5, 0.6) is 0 Å². The average Bonchev–Trinajstić information content (AvgIpc) is 3.00. The zero-order valence-electron chi connectivity index (χ0n) is 11.8. The van der Waals surface area contributed by atoms with E-state index < -0.39 is 0 Å². The molecular formula is C14H18N4S2. The van der Waals surface area contributed by atoms with Gasteiger partial charge in [0.25, 0.3) is 0 Å². The Morgan fingerprint density at radius 1 is 0.800 bits per heavy atom. The molecule has 2 aromatic heterocycles. The third-order valence-corrected chi connectivity index (χ3v) is 6.33. The minimum atomic E-state index is 1.04. The summed E-state index contributed by atoms with van der Waals surface area (Å²) in [5.74, 6) is 0. The fourth-order valence-corrected chi connectivity index (χ4v) is 5.22. The molecule has 2 aromatic rings. The van der Waals surface area contributed by atoms with Crippen LogP contribution < -0.4 is 0 Å². The predicted octanol–water partition coefficient (Wildman–Crippen LogP) is 2.24. The molecule has 20 heavy (non-hydrogen) atoms. The van der Waals surface area contributed by atoms with E-state index in [2.05, 4.69) is 23.9 Å². The van der Waals surface area contributed by atoms with Crippen molar-refractivity contribution in [1.29, 1.82) is 0 Å². The van der Waals surface area contributed by atoms with Crippen LogP contribution in [0.25, 0.3) is 10.0 Å². The van der Waals surface area contributed by atoms with Crippen LogP contribution in [0.2, 0.25) is 0 Å². The van der Waals surface area contributed by atoms with Crippen molar-refractivity contribution in [3.63, 3.8) is 0 Å². The minimum Gasteiger partial charge on any atom is -0.301 e. The van der Waals surface area contributed by atoms with Crippen LogP contribution in [0.4, 0.5) is 0 Å². The van der Waals surface area contributed by atoms with Crippen molar-refractivity contribution < 1.29 is 0 Å². The molecule has 0 fully saturated rings. The molecule has 0 saturated carbocycles. The van der Waals surface area contributed by atoms with Gasteiger partial charge in [0.15, 0.2) is 10.0 Å². The van der Waals surface area contributed by atoms with Crippen molar-refractivity contribution in [2.75, 3.05) is 27.2 Å². The molecule has 0 atom stereocenters. The first-order valence-corrected chi connectivity index (χ1v) is 8.67. The maximum Gasteiger partial charge on any atom is 0.152 e. The van der Waals surface area contributed by atoms with Crippen molar-refractivity contribution in [2.45, 2.75) is 25.9 Å². The smallest absolute Gasteiger partial charge is 0.152 e. The van der Waals surface area contributed by atoms with Crippen LogP contribution in [-0.2, 0) is 25.9 Å². The number of hydrogen-bond donors (Lipinski definition) is 0. The molecule has 0 saturated heterocycles. The highest BCUT2D eigenvalue weighted by Gasteiger charge is 2.23. The Labute approximate surface area is 127 Å². The fourth-order valence-electron chi connectivity index (χ4n) is 2.83. The first-order valence-electron chi connectivity index (χ1n) is 7.03. The minimum absolute atomic E-state index is 1.04. The number of rotatable bonds is 1. The molecule has 0 aromatic carbocycles. The van der Waals surface area contributed by atoms with Crippen molar-refractivity contribution in [3.05, 3.63) is 21.1 Å². The standard InChI is InChI=1S/C14H18N4S2/c1-17-5-3-9-11(7-17)19-13(15-9)14-16-10-4-6-18(2)8-12(10)20-14/h3-8H2,1-2H3. The lowest BCUT2D eigenvalue weighted by atomic mass is 10.2. The number of thiazole rings is 2. The lowest BCUT2D eigenvalue weighted by molar-refractivity contribution is 0.314. The van der Waals surface area contributed by atoms with Gasteiger partial charge in [-0.15, -0.1) is 22.7 Å². The molecule has 4 heterocycles. The van der Waals surface area contributed by atoms with Crippen LogP contribution >= 0.6 is 22.7 Å². The second kappa shape index (κ2) is 4.87. The molecule has 4 nitrogen and oxygen atoms in total. The highest BCUT2D eigenvalue weighted by Crippen LogP contribution is 2.36. The van der Waals surface area contributed by atoms with Gasteiger partial charge in [0.05, 0.1) is 11.4 Å². The Morgan fingerprint density at radius 3 is 1.70 bits per heavy atom. The second-order valence-corrected chi connectivity index (χ2v) is 7.92. The van der Waals surface area contributed by atoms with Crippen molar-refractivity contribution in [1.82, 2.24) is 19.8 Å². The molecular weight excluding hydrogens is 288 g/mol. The van der Waals surface area contributed by atoms with E-state index >= 15 is 0 Å². The molecule has 0 N–H and O–H groups in total. The molecule has 106 valence electrons. The van der Waals surface area contributed by atoms with Gasteiger partial charge in [0.1, 0.15) is 0 Å². The maximum atomic E-state index is 4.84. The number of aromatic nitrogens is 2. The fraction of sp³-hybridized carbons (Fsp3) is 0.571. The van der Waals surface area contributed by atoms with Gasteiger partial charge in [-0.1, -0.05) is 0 Å². The van der Waals surface area contributed by atoms with Crippen LogP contribution in [0.15, 0.2) is 0 Å². The topological polar surface area (TPSA) is 32.3 Å². The van der Waals surface area contributed by atoms with Gasteiger partial charge >= 0.3 is 0 Å². The van der Waals surface area contributed by atoms with Crippen LogP contribution in [0.3, 0.4) is 0 Å². The largest absolute Gasteiger partial charge is 0.301 e. The third-order valence-electron chi connectivity index (χ3n) is 4.03. The summed E-state index contributed by atoms with van der Waals surface area (Å²) in [6, 6.07) is 0. The Hall–Kier alpha value is -0.820. The molecule has 2 aliphatic heterocycles. The summed E-state index contributed by atoms with van der Waals surface area (Å²) in [4.78, 5) is 17.3. The van der Waals surface area contributed by atoms with E-state index in [1.54, 1.807) is 0 Å². The normalized spacial score (nSPS) is 19.9. The van der Waals surface area contributed by atoms with E-state index in [0.29, 0.717) is 0 Å². The van der Waals surface area contributed by atoms with Gasteiger partial charge in [-0.25, -0.2) is 9.97 Å². The summed E-state index contributed by atoms with van der Waals surface area (Å²) in [5, 5.41) is 2.26. The summed E-state index contributed by atoms with van der Waals surface area (Å²) in [6.45, 7) is 4.33. The lowest BCUT2D eigenvalue weighted by Crippen LogP contribution is -2.25. The Balaban J connectivity index is 1.68. The van der Waals surface area contributed by atoms with Crippen LogP contribution in [-0.4, -0.2) is 47.0 Å². The van der Waals surface area contributed by atoms with E-state index in [4.69, 9.17) is 9.97 Å². The molecule has 0 spiro atoms. The SMILES string of the molecule is CN1CCc2nc(-c3nc4c(s3)CN(C)CC4)sc2C1. The molecule has 2 aliphatic rings. The monoisotopic (exact) mass is 306 g/mol. The first kappa shape index (κ1) is 12.9. The molecule has 0 unspecified atom stereocenters. The summed E-state index contributed by atoms with van der Waals surface area (Å²) in [5.41, 5.74) is 2.60. The van der Waals surface area contributed by atoms with Gasteiger partial charge in [-0.2, -0.15) is 0 Å². The van der Waals surface area contributed by atoms with E-state index in [9.17, 15) is 0 Å². The molecule has 0 amide bonds. The van der Waals surface area contributed by atoms with Gasteiger partial charge in [-0.05, 0) is 14.1 Å². The average molecular weight is 306 g/mol. The molecule has 6 heteroatoms. The number of hydrogen-bond acceptors (Lipinski definition) is 6. The zero-order chi connectivity index (χ0) is 13.7. The highest BCUT2D eigenvalue weighted by atomic mass is 32.1. The Morgan fingerprint density at radius 2 is 1.25 bits per heavy atom. The van der Waals surface area contributed by atoms with Crippen LogP contribution in [0, 0.1) is 0 Å². The summed E-state index contributed by atoms with van der Waals surface area (Å²) in [6.07, 6.45) is 2.16. The lowest BCUT2D eigenvalue weighted by Gasteiger charge is -2.20. The maximum absolute atomic E-state index is 4.84. The van der Waals surface area contributed by atoms with Crippen LogP contribution in [0.1, 0.15) is 21.1 Å². The summed E-state index contributed by atoms with van der Waals surface area (Å²) < 4.78 is 0. The molecule has 4 rings (SSSR count). The van der Waals surface area contributed by atoms with Gasteiger partial charge < -0.3 is 9.80 Å². The van der Waals surface area contributed by atoms with Gasteiger partial charge in [-0.3, -0.25) is 0 Å². The second-order valence-electron chi connectivity index (χ2n) is 5.75. The zero-order valence-corrected chi connectivity index (χ0v) is 13.5. The van der Waals surface area contributed by atoms with E-state index in [0.717, 1.165) is 49.0 Å². The van der Waals surface area contributed by atoms with E-state index in [1.165, 1.54) is 21.1 Å². The molecule has 0 aliphatic carbocycles. The van der Waals surface area contributed by atoms with E-state index in [-0.39, 0.29) is 0 Å². The highest BCUT2D eigenvalue weighted by molar-refractivity contribution is 7.21. The predicted molar refractivity (Wildman–Crippen MR) is 83.3 cm³/mol. The van der Waals surface area contributed by atoms with Gasteiger partial charge in [0.2, 0.25) is 0 Å².